The second kappa shape index (κ2) is 8.46. The first kappa shape index (κ1) is 19.4. The number of aromatic hydroxyl groups is 1. The van der Waals surface area contributed by atoms with Crippen LogP contribution in [0.2, 0.25) is 0 Å². The van der Waals surface area contributed by atoms with Gasteiger partial charge < -0.3 is 25.4 Å². The van der Waals surface area contributed by atoms with Gasteiger partial charge in [-0.15, -0.1) is 0 Å². The lowest BCUT2D eigenvalue weighted by Crippen LogP contribution is -2.32. The van der Waals surface area contributed by atoms with Crippen LogP contribution in [0.25, 0.3) is 6.08 Å². The molecule has 1 aromatic rings. The molecule has 1 heterocycles. The number of carbonyl (C=O) groups is 2. The zero-order chi connectivity index (χ0) is 19.3. The number of aliphatic hydroxyl groups is 2. The first-order valence-electron chi connectivity index (χ1n) is 7.95. The largest absolute Gasteiger partial charge is 0.507 e. The highest BCUT2D eigenvalue weighted by Gasteiger charge is 2.22. The maximum absolute atomic E-state index is 12.5. The van der Waals surface area contributed by atoms with Gasteiger partial charge in [0.15, 0.2) is 5.78 Å². The number of phenolic OH excluding ortho intramolecular Hbond substituents is 1. The molecule has 26 heavy (non-hydrogen) atoms. The Morgan fingerprint density at radius 3 is 2.62 bits per heavy atom. The lowest BCUT2D eigenvalue weighted by atomic mass is 10.0. The molecule has 2 unspecified atom stereocenters. The number of aliphatic hydroxyl groups excluding tert-OH is 2. The van der Waals surface area contributed by atoms with Gasteiger partial charge in [-0.1, -0.05) is 24.8 Å². The molecule has 4 N–H and O–H groups in total. The van der Waals surface area contributed by atoms with Gasteiger partial charge in [0, 0.05) is 12.6 Å². The SMILES string of the molecule is C=C1/C=C\C(=O)C(O)C(O)C/C=C/c2cc(OC)cc(O)c2C(=O)NC1. The number of hydrogen-bond acceptors (Lipinski definition) is 6. The second-order valence-corrected chi connectivity index (χ2v) is 5.84. The standard InChI is InChI=1S/C19H21NO6/c1-11-6-7-15(22)18(24)14(21)5-3-4-12-8-13(26-2)9-16(23)17(12)19(25)20-10-11/h3-4,6-9,14,18,21,23-24H,1,5,10H2,2H3,(H,20,25)/b4-3+,7-6-. The van der Waals surface area contributed by atoms with Gasteiger partial charge in [0.05, 0.1) is 18.8 Å². The van der Waals surface area contributed by atoms with E-state index in [9.17, 15) is 24.9 Å². The van der Waals surface area contributed by atoms with Crippen molar-refractivity contribution in [2.75, 3.05) is 13.7 Å². The minimum absolute atomic E-state index is 0.0271. The van der Waals surface area contributed by atoms with Gasteiger partial charge in [-0.2, -0.15) is 0 Å². The summed E-state index contributed by atoms with van der Waals surface area (Å²) in [5.41, 5.74) is 0.822. The highest BCUT2D eigenvalue weighted by Crippen LogP contribution is 2.29. The maximum Gasteiger partial charge on any atom is 0.255 e. The summed E-state index contributed by atoms with van der Waals surface area (Å²) < 4.78 is 5.09. The number of fused-ring (bicyclic) bond motifs is 1. The Morgan fingerprint density at radius 2 is 1.92 bits per heavy atom. The normalized spacial score (nSPS) is 24.2. The minimum Gasteiger partial charge on any atom is -0.507 e. The Morgan fingerprint density at radius 1 is 1.19 bits per heavy atom. The van der Waals surface area contributed by atoms with Gasteiger partial charge in [-0.3, -0.25) is 9.59 Å². The molecular formula is C19H21NO6. The molecule has 0 fully saturated rings. The van der Waals surface area contributed by atoms with Crippen molar-refractivity contribution in [3.8, 4) is 11.5 Å². The Kier molecular flexibility index (Phi) is 6.32. The predicted octanol–water partition coefficient (Wildman–Crippen LogP) is 0.951. The van der Waals surface area contributed by atoms with Crippen LogP contribution in [0.3, 0.4) is 0 Å². The van der Waals surface area contributed by atoms with Gasteiger partial charge in [0.1, 0.15) is 17.6 Å². The summed E-state index contributed by atoms with van der Waals surface area (Å²) >= 11 is 0. The van der Waals surface area contributed by atoms with Gasteiger partial charge in [0.25, 0.3) is 5.91 Å². The van der Waals surface area contributed by atoms with Crippen molar-refractivity contribution in [2.45, 2.75) is 18.6 Å². The molecule has 2 atom stereocenters. The van der Waals surface area contributed by atoms with E-state index in [2.05, 4.69) is 11.9 Å². The van der Waals surface area contributed by atoms with Crippen LogP contribution in [0.5, 0.6) is 11.5 Å². The Bertz CT molecular complexity index is 780. The second-order valence-electron chi connectivity index (χ2n) is 5.84. The lowest BCUT2D eigenvalue weighted by Gasteiger charge is -2.15. The molecule has 1 aliphatic rings. The summed E-state index contributed by atoms with van der Waals surface area (Å²) in [5, 5.41) is 32.6. The van der Waals surface area contributed by atoms with Gasteiger partial charge in [-0.05, 0) is 29.7 Å². The number of rotatable bonds is 1. The van der Waals surface area contributed by atoms with E-state index in [4.69, 9.17) is 4.74 Å². The summed E-state index contributed by atoms with van der Waals surface area (Å²) in [4.78, 5) is 24.3. The highest BCUT2D eigenvalue weighted by molar-refractivity contribution is 6.01. The fourth-order valence-electron chi connectivity index (χ4n) is 2.41. The van der Waals surface area contributed by atoms with Crippen molar-refractivity contribution in [3.05, 3.63) is 53.6 Å². The van der Waals surface area contributed by atoms with E-state index in [1.165, 1.54) is 31.4 Å². The van der Waals surface area contributed by atoms with Crippen LogP contribution in [0.4, 0.5) is 0 Å². The molecule has 0 aliphatic carbocycles. The minimum atomic E-state index is -1.57. The van der Waals surface area contributed by atoms with Crippen LogP contribution < -0.4 is 10.1 Å². The fourth-order valence-corrected chi connectivity index (χ4v) is 2.41. The summed E-state index contributed by atoms with van der Waals surface area (Å²) in [5.74, 6) is -1.09. The van der Waals surface area contributed by atoms with E-state index < -0.39 is 23.9 Å². The van der Waals surface area contributed by atoms with E-state index in [1.807, 2.05) is 0 Å². The molecule has 0 bridgehead atoms. The van der Waals surface area contributed by atoms with Crippen LogP contribution in [0.1, 0.15) is 22.3 Å². The number of amides is 1. The summed E-state index contributed by atoms with van der Waals surface area (Å²) in [7, 11) is 1.43. The van der Waals surface area contributed by atoms with E-state index in [1.54, 1.807) is 6.07 Å². The molecule has 1 amide bonds. The van der Waals surface area contributed by atoms with Crippen LogP contribution in [0, 0.1) is 0 Å². The predicted molar refractivity (Wildman–Crippen MR) is 95.9 cm³/mol. The fraction of sp³-hybridized carbons (Fsp3) is 0.263. The van der Waals surface area contributed by atoms with Crippen LogP contribution in [-0.2, 0) is 4.79 Å². The lowest BCUT2D eigenvalue weighted by molar-refractivity contribution is -0.127. The number of carbonyl (C=O) groups excluding carboxylic acids is 2. The average Bonchev–Trinajstić information content (AvgIpc) is 2.62. The molecule has 7 nitrogen and oxygen atoms in total. The summed E-state index contributed by atoms with van der Waals surface area (Å²) in [6, 6.07) is 2.88. The molecule has 2 rings (SSSR count). The van der Waals surface area contributed by atoms with Crippen molar-refractivity contribution >= 4 is 17.8 Å². The Hall–Kier alpha value is -2.90. The molecule has 1 aromatic carbocycles. The third-order valence-electron chi connectivity index (χ3n) is 3.87. The third-order valence-corrected chi connectivity index (χ3v) is 3.87. The smallest absolute Gasteiger partial charge is 0.255 e. The van der Waals surface area contributed by atoms with E-state index in [0.29, 0.717) is 16.9 Å². The molecule has 1 aliphatic heterocycles. The van der Waals surface area contributed by atoms with Gasteiger partial charge in [0.2, 0.25) is 0 Å². The number of methoxy groups -OCH3 is 1. The van der Waals surface area contributed by atoms with E-state index >= 15 is 0 Å². The zero-order valence-electron chi connectivity index (χ0n) is 14.3. The molecule has 0 spiro atoms. The number of nitrogens with one attached hydrogen (secondary N) is 1. The molecular weight excluding hydrogens is 338 g/mol. The molecule has 0 saturated heterocycles. The van der Waals surface area contributed by atoms with Gasteiger partial charge in [-0.25, -0.2) is 0 Å². The van der Waals surface area contributed by atoms with Crippen LogP contribution in [0.15, 0.2) is 42.5 Å². The quantitative estimate of drug-likeness (QED) is 0.593. The molecule has 7 heteroatoms. The van der Waals surface area contributed by atoms with E-state index in [-0.39, 0.29) is 24.3 Å². The van der Waals surface area contributed by atoms with Gasteiger partial charge >= 0.3 is 0 Å². The first-order valence-corrected chi connectivity index (χ1v) is 7.95. The van der Waals surface area contributed by atoms with Crippen molar-refractivity contribution < 1.29 is 29.6 Å². The first-order chi connectivity index (χ1) is 12.3. The summed E-state index contributed by atoms with van der Waals surface area (Å²) in [6.45, 7) is 3.75. The molecule has 138 valence electrons. The average molecular weight is 359 g/mol. The Balaban J connectivity index is 2.46. The van der Waals surface area contributed by atoms with Crippen molar-refractivity contribution in [1.29, 1.82) is 0 Å². The summed E-state index contributed by atoms with van der Waals surface area (Å²) in [6.07, 6.45) is 2.56. The van der Waals surface area contributed by atoms with Crippen LogP contribution >= 0.6 is 0 Å². The number of hydrogen-bond donors (Lipinski definition) is 4. The van der Waals surface area contributed by atoms with Crippen molar-refractivity contribution in [1.82, 2.24) is 5.32 Å². The number of benzene rings is 1. The monoisotopic (exact) mass is 359 g/mol. The number of phenols is 1. The molecule has 0 radical (unpaired) electrons. The van der Waals surface area contributed by atoms with Crippen molar-refractivity contribution in [3.63, 3.8) is 0 Å². The van der Waals surface area contributed by atoms with Crippen molar-refractivity contribution in [2.24, 2.45) is 0 Å². The molecule has 0 saturated carbocycles. The van der Waals surface area contributed by atoms with E-state index in [0.717, 1.165) is 6.08 Å². The number of ketones is 1. The number of ether oxygens (including phenoxy) is 1. The zero-order valence-corrected chi connectivity index (χ0v) is 14.3. The maximum atomic E-state index is 12.5. The van der Waals surface area contributed by atoms with Crippen LogP contribution in [-0.4, -0.2) is 52.9 Å². The highest BCUT2D eigenvalue weighted by atomic mass is 16.5. The topological polar surface area (TPSA) is 116 Å². The molecule has 0 aromatic heterocycles. The Labute approximate surface area is 150 Å². The third kappa shape index (κ3) is 4.59.